The first-order valence-corrected chi connectivity index (χ1v) is 11.4. The number of nitrogens with zero attached hydrogens (tertiary/aromatic N) is 1. The van der Waals surface area contributed by atoms with Crippen molar-refractivity contribution in [1.82, 2.24) is 4.90 Å². The van der Waals surface area contributed by atoms with Crippen molar-refractivity contribution >= 4 is 28.9 Å². The van der Waals surface area contributed by atoms with Crippen LogP contribution in [-0.4, -0.2) is 35.1 Å². The Morgan fingerprint density at radius 3 is 2.47 bits per heavy atom. The average molecular weight is 425 g/mol. The fourth-order valence-corrected chi connectivity index (χ4v) is 5.82. The Morgan fingerprint density at radius 1 is 1.13 bits per heavy atom. The number of aromatic carboxylic acids is 1. The number of hydrogen-bond acceptors (Lipinski definition) is 3. The first-order valence-electron chi connectivity index (χ1n) is 10.6. The highest BCUT2D eigenvalue weighted by atomic mass is 32.1. The number of thiophene rings is 1. The molecule has 0 unspecified atom stereocenters. The van der Waals surface area contributed by atoms with E-state index >= 15 is 0 Å². The first kappa shape index (κ1) is 20.7. The van der Waals surface area contributed by atoms with E-state index in [9.17, 15) is 14.7 Å². The number of nitrogens with two attached hydrogens (primary N) is 1. The molecule has 3 N–H and O–H groups in total. The van der Waals surface area contributed by atoms with Crippen LogP contribution in [0.2, 0.25) is 0 Å². The van der Waals surface area contributed by atoms with Crippen LogP contribution < -0.4 is 5.73 Å². The van der Waals surface area contributed by atoms with Gasteiger partial charge >= 0.3 is 12.0 Å². The van der Waals surface area contributed by atoms with Crippen LogP contribution in [0.25, 0.3) is 16.0 Å². The number of hydrogen-bond donors (Lipinski definition) is 2. The van der Waals surface area contributed by atoms with Crippen LogP contribution in [0.4, 0.5) is 4.79 Å². The van der Waals surface area contributed by atoms with Crippen LogP contribution in [0.3, 0.4) is 0 Å². The summed E-state index contributed by atoms with van der Waals surface area (Å²) >= 11 is 1.33. The maximum Gasteiger partial charge on any atom is 0.346 e. The standard InChI is InChI=1S/C24H28N2O3S/c1-15-7-9-16(10-8-15)20-14-26(24(25)29)12-11-18(20)19-13-21(30-22(19)23(27)28)17-5-3-2-4-6-17/h2-6,13,15-16H,7-12,14H2,1H3,(H2,25,29)(H,27,28). The van der Waals surface area contributed by atoms with Gasteiger partial charge < -0.3 is 15.7 Å². The third-order valence-corrected chi connectivity index (χ3v) is 7.68. The molecule has 1 aliphatic heterocycles. The molecule has 1 fully saturated rings. The summed E-state index contributed by atoms with van der Waals surface area (Å²) in [6, 6.07) is 11.5. The lowest BCUT2D eigenvalue weighted by Crippen LogP contribution is -2.41. The third kappa shape index (κ3) is 4.15. The number of benzene rings is 1. The first-order chi connectivity index (χ1) is 14.4. The molecule has 158 valence electrons. The smallest absolute Gasteiger partial charge is 0.346 e. The highest BCUT2D eigenvalue weighted by Gasteiger charge is 2.32. The zero-order valence-electron chi connectivity index (χ0n) is 17.3. The number of rotatable bonds is 4. The number of carbonyl (C=O) groups is 2. The van der Waals surface area contributed by atoms with Crippen molar-refractivity contribution < 1.29 is 14.7 Å². The molecule has 5 nitrogen and oxygen atoms in total. The Bertz CT molecular complexity index is 972. The number of carbonyl (C=O) groups excluding carboxylic acids is 1. The predicted molar refractivity (Wildman–Crippen MR) is 121 cm³/mol. The van der Waals surface area contributed by atoms with Crippen molar-refractivity contribution in [3.63, 3.8) is 0 Å². The van der Waals surface area contributed by atoms with Gasteiger partial charge in [0.25, 0.3) is 0 Å². The quantitative estimate of drug-likeness (QED) is 0.682. The SMILES string of the molecule is CC1CCC(C2=C(c3cc(-c4ccccc4)sc3C(=O)O)CCN(C(N)=O)C2)CC1. The lowest BCUT2D eigenvalue weighted by molar-refractivity contribution is 0.0701. The molecule has 2 aromatic rings. The van der Waals surface area contributed by atoms with E-state index < -0.39 is 12.0 Å². The van der Waals surface area contributed by atoms with Gasteiger partial charge in [-0.25, -0.2) is 9.59 Å². The number of carboxylic acid groups (broad SMARTS) is 1. The van der Waals surface area contributed by atoms with E-state index in [0.29, 0.717) is 30.3 Å². The minimum absolute atomic E-state index is 0.387. The third-order valence-electron chi connectivity index (χ3n) is 6.51. The van der Waals surface area contributed by atoms with Gasteiger partial charge in [-0.2, -0.15) is 0 Å². The molecule has 0 saturated heterocycles. The van der Waals surface area contributed by atoms with Crippen LogP contribution in [-0.2, 0) is 0 Å². The fourth-order valence-electron chi connectivity index (χ4n) is 4.79. The summed E-state index contributed by atoms with van der Waals surface area (Å²) in [4.78, 5) is 27.0. The number of primary amides is 1. The molecule has 1 aromatic carbocycles. The van der Waals surface area contributed by atoms with Crippen molar-refractivity contribution in [3.8, 4) is 10.4 Å². The largest absolute Gasteiger partial charge is 0.477 e. The molecular formula is C24H28N2O3S. The van der Waals surface area contributed by atoms with Gasteiger partial charge in [-0.05, 0) is 53.9 Å². The molecule has 1 aromatic heterocycles. The minimum Gasteiger partial charge on any atom is -0.477 e. The van der Waals surface area contributed by atoms with Crippen LogP contribution in [0, 0.1) is 11.8 Å². The molecule has 0 atom stereocenters. The van der Waals surface area contributed by atoms with E-state index in [0.717, 1.165) is 40.3 Å². The number of urea groups is 1. The Hall–Kier alpha value is -2.60. The Balaban J connectivity index is 1.80. The molecule has 2 aliphatic rings. The summed E-state index contributed by atoms with van der Waals surface area (Å²) in [5.41, 5.74) is 9.77. The van der Waals surface area contributed by atoms with Gasteiger partial charge in [0.05, 0.1) is 0 Å². The normalized spacial score (nSPS) is 22.2. The highest BCUT2D eigenvalue weighted by Crippen LogP contribution is 2.43. The average Bonchev–Trinajstić information content (AvgIpc) is 3.20. The predicted octanol–water partition coefficient (Wildman–Crippen LogP) is 5.48. The van der Waals surface area contributed by atoms with Gasteiger partial charge in [-0.3, -0.25) is 0 Å². The Labute approximate surface area is 181 Å². The maximum absolute atomic E-state index is 12.1. The summed E-state index contributed by atoms with van der Waals surface area (Å²) in [5.74, 6) is 0.222. The molecular weight excluding hydrogens is 396 g/mol. The maximum atomic E-state index is 12.1. The molecule has 30 heavy (non-hydrogen) atoms. The zero-order chi connectivity index (χ0) is 21.3. The second kappa shape index (κ2) is 8.64. The molecule has 2 heterocycles. The van der Waals surface area contributed by atoms with Crippen LogP contribution in [0.5, 0.6) is 0 Å². The monoisotopic (exact) mass is 424 g/mol. The van der Waals surface area contributed by atoms with Gasteiger partial charge in [0.2, 0.25) is 0 Å². The van der Waals surface area contributed by atoms with Crippen molar-refractivity contribution in [2.75, 3.05) is 13.1 Å². The Morgan fingerprint density at radius 2 is 1.83 bits per heavy atom. The summed E-state index contributed by atoms with van der Waals surface area (Å²) in [5, 5.41) is 9.93. The second-order valence-corrected chi connectivity index (χ2v) is 9.55. The van der Waals surface area contributed by atoms with Crippen LogP contribution in [0.15, 0.2) is 42.0 Å². The van der Waals surface area contributed by atoms with E-state index in [1.807, 2.05) is 36.4 Å². The topological polar surface area (TPSA) is 83.6 Å². The van der Waals surface area contributed by atoms with Crippen molar-refractivity contribution in [1.29, 1.82) is 0 Å². The second-order valence-electron chi connectivity index (χ2n) is 8.50. The number of amides is 2. The lowest BCUT2D eigenvalue weighted by Gasteiger charge is -2.36. The van der Waals surface area contributed by atoms with E-state index in [1.165, 1.54) is 29.8 Å². The Kier molecular flexibility index (Phi) is 5.95. The van der Waals surface area contributed by atoms with Crippen LogP contribution in [0.1, 0.15) is 54.3 Å². The van der Waals surface area contributed by atoms with Crippen molar-refractivity contribution in [3.05, 3.63) is 52.4 Å². The van der Waals surface area contributed by atoms with E-state index in [-0.39, 0.29) is 0 Å². The molecule has 0 radical (unpaired) electrons. The highest BCUT2D eigenvalue weighted by molar-refractivity contribution is 7.17. The number of carboxylic acids is 1. The molecule has 4 rings (SSSR count). The van der Waals surface area contributed by atoms with Crippen molar-refractivity contribution in [2.24, 2.45) is 17.6 Å². The van der Waals surface area contributed by atoms with E-state index in [1.54, 1.807) is 4.90 Å². The molecule has 1 saturated carbocycles. The zero-order valence-corrected chi connectivity index (χ0v) is 18.1. The lowest BCUT2D eigenvalue weighted by atomic mass is 9.75. The van der Waals surface area contributed by atoms with Gasteiger partial charge in [0.1, 0.15) is 4.88 Å². The summed E-state index contributed by atoms with van der Waals surface area (Å²) in [6.45, 7) is 3.34. The molecule has 6 heteroatoms. The summed E-state index contributed by atoms with van der Waals surface area (Å²) in [7, 11) is 0. The molecule has 2 amide bonds. The van der Waals surface area contributed by atoms with E-state index in [4.69, 9.17) is 5.73 Å². The fraction of sp³-hybridized carbons (Fsp3) is 0.417. The molecule has 0 spiro atoms. The summed E-state index contributed by atoms with van der Waals surface area (Å²) < 4.78 is 0. The minimum atomic E-state index is -0.890. The van der Waals surface area contributed by atoms with Gasteiger partial charge in [0, 0.05) is 23.5 Å². The van der Waals surface area contributed by atoms with Gasteiger partial charge in [0.15, 0.2) is 0 Å². The van der Waals surface area contributed by atoms with Crippen LogP contribution >= 0.6 is 11.3 Å². The van der Waals surface area contributed by atoms with E-state index in [2.05, 4.69) is 6.92 Å². The van der Waals surface area contributed by atoms with Gasteiger partial charge in [-0.1, -0.05) is 50.1 Å². The molecule has 0 bridgehead atoms. The van der Waals surface area contributed by atoms with Gasteiger partial charge in [-0.15, -0.1) is 11.3 Å². The van der Waals surface area contributed by atoms with Crippen molar-refractivity contribution in [2.45, 2.75) is 39.0 Å². The summed E-state index contributed by atoms with van der Waals surface area (Å²) in [6.07, 6.45) is 5.16. The molecule has 1 aliphatic carbocycles.